The fraction of sp³-hybridized carbons (Fsp3) is 0.278. The molecule has 1 aliphatic heterocycles. The second kappa shape index (κ2) is 7.39. The summed E-state index contributed by atoms with van der Waals surface area (Å²) in [5, 5.41) is 0. The number of hydrogen-bond acceptors (Lipinski definition) is 0. The Hall–Kier alpha value is -1.64. The quantitative estimate of drug-likeness (QED) is 0.673. The molecule has 1 unspecified atom stereocenters. The monoisotopic (exact) mass is 301 g/mol. The van der Waals surface area contributed by atoms with Gasteiger partial charge >= 0.3 is 5.84 Å². The maximum atomic E-state index is 2.51. The molecule has 0 aromatic heterocycles. The van der Waals surface area contributed by atoms with E-state index in [0.717, 1.165) is 19.6 Å². The van der Waals surface area contributed by atoms with Crippen LogP contribution in [0.4, 0.5) is 0 Å². The van der Waals surface area contributed by atoms with Gasteiger partial charge in [-0.15, -0.1) is 0 Å². The molecule has 0 saturated heterocycles. The van der Waals surface area contributed by atoms with Crippen LogP contribution in [0.3, 0.4) is 0 Å². The highest BCUT2D eigenvalue weighted by Crippen LogP contribution is 2.02. The summed E-state index contributed by atoms with van der Waals surface area (Å²) in [5.41, 5.74) is 2.82. The first-order valence-corrected chi connectivity index (χ1v) is 7.34. The van der Waals surface area contributed by atoms with E-state index < -0.39 is 0 Å². The minimum absolute atomic E-state index is 0. The van der Waals surface area contributed by atoms with Gasteiger partial charge in [-0.05, 0) is 0 Å². The van der Waals surface area contributed by atoms with Crippen LogP contribution in [-0.2, 0) is 13.1 Å². The molecule has 0 fully saturated rings. The summed E-state index contributed by atoms with van der Waals surface area (Å²) in [6, 6.07) is 21.5. The van der Waals surface area contributed by atoms with Crippen LogP contribution >= 0.6 is 0 Å². The predicted molar refractivity (Wildman–Crippen MR) is 81.9 cm³/mol. The van der Waals surface area contributed by atoms with Crippen molar-refractivity contribution in [3.63, 3.8) is 0 Å². The lowest BCUT2D eigenvalue weighted by atomic mass is 10.2. The van der Waals surface area contributed by atoms with Gasteiger partial charge in [-0.2, -0.15) is 4.58 Å². The van der Waals surface area contributed by atoms with Gasteiger partial charge in [0.1, 0.15) is 13.1 Å². The zero-order valence-corrected chi connectivity index (χ0v) is 13.2. The average molecular weight is 302 g/mol. The lowest BCUT2D eigenvalue weighted by Gasteiger charge is -2.08. The molecule has 1 N–H and O–H groups in total. The zero-order valence-electron chi connectivity index (χ0n) is 12.4. The summed E-state index contributed by atoms with van der Waals surface area (Å²) >= 11 is 0. The smallest absolute Gasteiger partial charge is 0.334 e. The maximum absolute atomic E-state index is 2.51. The maximum Gasteiger partial charge on any atom is 0.334 e. The third kappa shape index (κ3) is 3.93. The minimum atomic E-state index is 0. The molecule has 3 heteroatoms. The predicted octanol–water partition coefficient (Wildman–Crippen LogP) is -1.28. The Bertz CT molecular complexity index is 593. The van der Waals surface area contributed by atoms with Crippen molar-refractivity contribution in [1.82, 2.24) is 0 Å². The highest BCUT2D eigenvalue weighted by molar-refractivity contribution is 5.65. The molecule has 2 aromatic rings. The largest absolute Gasteiger partial charge is 1.00 e. The van der Waals surface area contributed by atoms with Crippen LogP contribution in [-0.4, -0.2) is 23.5 Å². The Morgan fingerprint density at radius 3 is 2.10 bits per heavy atom. The van der Waals surface area contributed by atoms with Gasteiger partial charge in [-0.25, -0.2) is 4.90 Å². The third-order valence-electron chi connectivity index (χ3n) is 4.15. The first kappa shape index (κ1) is 15.7. The first-order chi connectivity index (χ1) is 9.83. The van der Waals surface area contributed by atoms with Crippen molar-refractivity contribution in [1.29, 1.82) is 0 Å². The van der Waals surface area contributed by atoms with Crippen molar-refractivity contribution in [2.45, 2.75) is 20.0 Å². The van der Waals surface area contributed by atoms with Crippen LogP contribution in [0, 0.1) is 0 Å². The number of benzene rings is 2. The molecule has 2 nitrogen and oxygen atoms in total. The van der Waals surface area contributed by atoms with E-state index in [1.54, 1.807) is 4.90 Å². The average Bonchev–Trinajstić information content (AvgIpc) is 2.83. The van der Waals surface area contributed by atoms with Crippen LogP contribution in [0.5, 0.6) is 0 Å². The lowest BCUT2D eigenvalue weighted by Crippen LogP contribution is -3.11. The number of nitrogens with one attached hydrogen (secondary N) is 1. The second-order valence-corrected chi connectivity index (χ2v) is 5.51. The molecule has 0 spiro atoms. The van der Waals surface area contributed by atoms with Crippen molar-refractivity contribution in [2.75, 3.05) is 13.1 Å². The number of nitrogens with zero attached hydrogens (tertiary/aromatic N) is 1. The second-order valence-electron chi connectivity index (χ2n) is 5.51. The summed E-state index contributed by atoms with van der Waals surface area (Å²) in [5.74, 6) is 1.47. The molecule has 0 aliphatic carbocycles. The number of rotatable bonds is 4. The summed E-state index contributed by atoms with van der Waals surface area (Å²) in [6.07, 6.45) is 0. The van der Waals surface area contributed by atoms with E-state index in [9.17, 15) is 0 Å². The third-order valence-corrected chi connectivity index (χ3v) is 4.15. The molecule has 0 amide bonds. The van der Waals surface area contributed by atoms with Gasteiger partial charge in [-0.1, -0.05) is 60.7 Å². The SMILES string of the molecule is CC1=[N+](Cc2ccccc2)CC[NH+]1Cc1ccccc1.[Cl-]. The fourth-order valence-corrected chi connectivity index (χ4v) is 2.90. The van der Waals surface area contributed by atoms with Crippen LogP contribution < -0.4 is 17.3 Å². The summed E-state index contributed by atoms with van der Waals surface area (Å²) in [6.45, 7) is 6.76. The molecule has 3 rings (SSSR count). The molecule has 1 atom stereocenters. The fourth-order valence-electron chi connectivity index (χ4n) is 2.90. The van der Waals surface area contributed by atoms with E-state index in [4.69, 9.17) is 0 Å². The molecular formula is C18H22ClN2+. The van der Waals surface area contributed by atoms with E-state index in [1.165, 1.54) is 23.5 Å². The van der Waals surface area contributed by atoms with Crippen LogP contribution in [0.1, 0.15) is 18.1 Å². The van der Waals surface area contributed by atoms with Gasteiger partial charge in [0.15, 0.2) is 13.1 Å². The Kier molecular flexibility index (Phi) is 5.54. The zero-order chi connectivity index (χ0) is 13.8. The van der Waals surface area contributed by atoms with Crippen molar-refractivity contribution in [3.05, 3.63) is 71.8 Å². The van der Waals surface area contributed by atoms with Gasteiger partial charge in [0.25, 0.3) is 0 Å². The van der Waals surface area contributed by atoms with Gasteiger partial charge in [0, 0.05) is 11.1 Å². The minimum Gasteiger partial charge on any atom is -1.00 e. The molecular weight excluding hydrogens is 280 g/mol. The summed E-state index contributed by atoms with van der Waals surface area (Å²) in [4.78, 5) is 1.59. The number of amidine groups is 1. The van der Waals surface area contributed by atoms with Crippen molar-refractivity contribution < 1.29 is 21.9 Å². The van der Waals surface area contributed by atoms with Crippen molar-refractivity contribution in [2.24, 2.45) is 0 Å². The van der Waals surface area contributed by atoms with Crippen LogP contribution in [0.15, 0.2) is 60.7 Å². The normalized spacial score (nSPS) is 17.7. The van der Waals surface area contributed by atoms with Gasteiger partial charge < -0.3 is 12.4 Å². The molecule has 2 aromatic carbocycles. The summed E-state index contributed by atoms with van der Waals surface area (Å²) < 4.78 is 2.51. The first-order valence-electron chi connectivity index (χ1n) is 7.34. The Morgan fingerprint density at radius 1 is 0.905 bits per heavy atom. The van der Waals surface area contributed by atoms with Crippen molar-refractivity contribution >= 4 is 5.84 Å². The molecule has 0 radical (unpaired) electrons. The van der Waals surface area contributed by atoms with Gasteiger partial charge in [0.2, 0.25) is 0 Å². The van der Waals surface area contributed by atoms with E-state index in [2.05, 4.69) is 72.2 Å². The summed E-state index contributed by atoms with van der Waals surface area (Å²) in [7, 11) is 0. The molecule has 0 saturated carbocycles. The van der Waals surface area contributed by atoms with Crippen LogP contribution in [0.25, 0.3) is 0 Å². The Balaban J connectivity index is 0.00000161. The standard InChI is InChI=1S/C18H21N2.ClH/c1-16-19(14-17-8-4-2-5-9-17)12-13-20(16)15-18-10-6-3-7-11-18;/h2-11H,12-15H2,1H3;1H/q+1;. The van der Waals surface area contributed by atoms with Crippen molar-refractivity contribution in [3.8, 4) is 0 Å². The molecule has 21 heavy (non-hydrogen) atoms. The topological polar surface area (TPSA) is 7.45 Å². The number of hydrogen-bond donors (Lipinski definition) is 1. The number of quaternary nitrogens is 1. The molecule has 1 aliphatic rings. The van der Waals surface area contributed by atoms with Gasteiger partial charge in [-0.3, -0.25) is 0 Å². The number of halogens is 1. The molecule has 0 bridgehead atoms. The Morgan fingerprint density at radius 2 is 1.48 bits per heavy atom. The molecule has 110 valence electrons. The highest BCUT2D eigenvalue weighted by atomic mass is 35.5. The van der Waals surface area contributed by atoms with E-state index in [1.807, 2.05) is 0 Å². The van der Waals surface area contributed by atoms with Gasteiger partial charge in [0.05, 0.1) is 6.92 Å². The van der Waals surface area contributed by atoms with Crippen LogP contribution in [0.2, 0.25) is 0 Å². The molecule has 1 heterocycles. The highest BCUT2D eigenvalue weighted by Gasteiger charge is 2.31. The lowest BCUT2D eigenvalue weighted by molar-refractivity contribution is -0.817. The Labute approximate surface area is 133 Å². The van der Waals surface area contributed by atoms with E-state index >= 15 is 0 Å². The van der Waals surface area contributed by atoms with E-state index in [-0.39, 0.29) is 12.4 Å². The van der Waals surface area contributed by atoms with E-state index in [0.29, 0.717) is 0 Å².